The molecule has 2 aromatic carbocycles. The van der Waals surface area contributed by atoms with E-state index < -0.39 is 0 Å². The van der Waals surface area contributed by atoms with Crippen molar-refractivity contribution in [2.75, 3.05) is 26.2 Å². The third kappa shape index (κ3) is 5.21. The third-order valence-corrected chi connectivity index (χ3v) is 5.18. The zero-order valence-corrected chi connectivity index (χ0v) is 15.6. The van der Waals surface area contributed by atoms with E-state index in [0.29, 0.717) is 11.4 Å². The van der Waals surface area contributed by atoms with Gasteiger partial charge in [0, 0.05) is 42.8 Å². The molecule has 1 fully saturated rings. The normalized spacial score (nSPS) is 15.8. The quantitative estimate of drug-likeness (QED) is 0.795. The van der Waals surface area contributed by atoms with Crippen LogP contribution >= 0.6 is 23.2 Å². The summed E-state index contributed by atoms with van der Waals surface area (Å²) in [4.78, 5) is 17.0. The fraction of sp³-hybridized carbons (Fsp3) is 0.350. The number of hydrogen-bond donors (Lipinski definition) is 0. The molecule has 0 atom stereocenters. The molecule has 1 heterocycles. The van der Waals surface area contributed by atoms with Crippen LogP contribution in [0.5, 0.6) is 0 Å². The lowest BCUT2D eigenvalue weighted by Crippen LogP contribution is -2.36. The van der Waals surface area contributed by atoms with E-state index >= 15 is 0 Å². The summed E-state index contributed by atoms with van der Waals surface area (Å²) in [7, 11) is 0. The van der Waals surface area contributed by atoms with E-state index in [1.807, 2.05) is 41.3 Å². The van der Waals surface area contributed by atoms with E-state index in [1.165, 1.54) is 5.56 Å². The first-order chi connectivity index (χ1) is 12.1. The van der Waals surface area contributed by atoms with Crippen molar-refractivity contribution in [3.63, 3.8) is 0 Å². The molecule has 5 heteroatoms. The van der Waals surface area contributed by atoms with Crippen molar-refractivity contribution in [2.24, 2.45) is 0 Å². The van der Waals surface area contributed by atoms with Gasteiger partial charge in [-0.05, 0) is 35.7 Å². The highest BCUT2D eigenvalue weighted by atomic mass is 35.5. The second kappa shape index (κ2) is 8.70. The summed E-state index contributed by atoms with van der Waals surface area (Å²) in [6.07, 6.45) is 1.36. The Morgan fingerprint density at radius 2 is 1.68 bits per heavy atom. The Labute approximate surface area is 159 Å². The molecule has 0 unspecified atom stereocenters. The Balaban J connectivity index is 1.55. The van der Waals surface area contributed by atoms with Crippen LogP contribution in [0.1, 0.15) is 17.5 Å². The maximum absolute atomic E-state index is 12.6. The topological polar surface area (TPSA) is 23.6 Å². The van der Waals surface area contributed by atoms with Crippen LogP contribution in [0.15, 0.2) is 48.5 Å². The molecule has 1 aliphatic heterocycles. The molecule has 1 aliphatic rings. The van der Waals surface area contributed by atoms with E-state index in [4.69, 9.17) is 23.2 Å². The first-order valence-corrected chi connectivity index (χ1v) is 9.35. The molecular formula is C20H22Cl2N2O. The number of carbonyl (C=O) groups is 1. The molecule has 3 nitrogen and oxygen atoms in total. The molecule has 1 saturated heterocycles. The van der Waals surface area contributed by atoms with E-state index in [0.717, 1.165) is 49.7 Å². The number of halogens is 2. The molecule has 25 heavy (non-hydrogen) atoms. The average molecular weight is 377 g/mol. The van der Waals surface area contributed by atoms with Crippen LogP contribution in [-0.4, -0.2) is 41.9 Å². The molecular weight excluding hydrogens is 355 g/mol. The van der Waals surface area contributed by atoms with Gasteiger partial charge in [-0.2, -0.15) is 0 Å². The summed E-state index contributed by atoms with van der Waals surface area (Å²) in [5.74, 6) is 0.154. The van der Waals surface area contributed by atoms with Gasteiger partial charge in [-0.25, -0.2) is 0 Å². The van der Waals surface area contributed by atoms with E-state index in [-0.39, 0.29) is 5.91 Å². The van der Waals surface area contributed by atoms with Crippen molar-refractivity contribution in [3.8, 4) is 0 Å². The van der Waals surface area contributed by atoms with Crippen LogP contribution in [0, 0.1) is 0 Å². The minimum absolute atomic E-state index is 0.154. The van der Waals surface area contributed by atoms with Crippen LogP contribution in [0.3, 0.4) is 0 Å². The highest BCUT2D eigenvalue weighted by Gasteiger charge is 2.20. The van der Waals surface area contributed by atoms with Gasteiger partial charge in [-0.3, -0.25) is 9.69 Å². The van der Waals surface area contributed by atoms with Gasteiger partial charge in [0.25, 0.3) is 0 Å². The fourth-order valence-electron chi connectivity index (χ4n) is 3.14. The zero-order chi connectivity index (χ0) is 17.6. The smallest absolute Gasteiger partial charge is 0.227 e. The van der Waals surface area contributed by atoms with Crippen molar-refractivity contribution < 1.29 is 4.79 Å². The number of nitrogens with zero attached hydrogens (tertiary/aromatic N) is 2. The highest BCUT2D eigenvalue weighted by Crippen LogP contribution is 2.17. The van der Waals surface area contributed by atoms with Gasteiger partial charge in [0.2, 0.25) is 5.91 Å². The summed E-state index contributed by atoms with van der Waals surface area (Å²) >= 11 is 12.1. The van der Waals surface area contributed by atoms with E-state index in [9.17, 15) is 4.79 Å². The van der Waals surface area contributed by atoms with Crippen LogP contribution < -0.4 is 0 Å². The zero-order valence-electron chi connectivity index (χ0n) is 14.1. The number of hydrogen-bond acceptors (Lipinski definition) is 2. The van der Waals surface area contributed by atoms with Crippen molar-refractivity contribution in [1.29, 1.82) is 0 Å². The fourth-order valence-corrected chi connectivity index (χ4v) is 3.47. The Kier molecular flexibility index (Phi) is 6.35. The van der Waals surface area contributed by atoms with Gasteiger partial charge in [0.15, 0.2) is 0 Å². The monoisotopic (exact) mass is 376 g/mol. The number of benzene rings is 2. The Morgan fingerprint density at radius 1 is 0.920 bits per heavy atom. The molecule has 1 amide bonds. The standard InChI is InChI=1S/C20H22Cl2N2O/c21-18-8-6-16(7-9-18)15-23-10-3-11-24(13-12-23)20(25)14-17-4-1-2-5-19(17)22/h1-2,4-9H,3,10-15H2. The molecule has 0 aromatic heterocycles. The molecule has 0 aliphatic carbocycles. The lowest BCUT2D eigenvalue weighted by Gasteiger charge is -2.22. The predicted octanol–water partition coefficient (Wildman–Crippen LogP) is 4.27. The van der Waals surface area contributed by atoms with Crippen LogP contribution in [0.2, 0.25) is 10.0 Å². The highest BCUT2D eigenvalue weighted by molar-refractivity contribution is 6.31. The summed E-state index contributed by atoms with van der Waals surface area (Å²) in [5, 5.41) is 1.42. The minimum Gasteiger partial charge on any atom is -0.341 e. The van der Waals surface area contributed by atoms with Crippen molar-refractivity contribution in [3.05, 3.63) is 69.7 Å². The third-order valence-electron chi connectivity index (χ3n) is 4.56. The predicted molar refractivity (Wildman–Crippen MR) is 103 cm³/mol. The van der Waals surface area contributed by atoms with Gasteiger partial charge in [0.05, 0.1) is 6.42 Å². The Hall–Kier alpha value is -1.55. The molecule has 132 valence electrons. The summed E-state index contributed by atoms with van der Waals surface area (Å²) < 4.78 is 0. The largest absolute Gasteiger partial charge is 0.341 e. The second-order valence-electron chi connectivity index (χ2n) is 6.41. The van der Waals surface area contributed by atoms with E-state index in [1.54, 1.807) is 0 Å². The minimum atomic E-state index is 0.154. The average Bonchev–Trinajstić information content (AvgIpc) is 2.85. The van der Waals surface area contributed by atoms with Gasteiger partial charge < -0.3 is 4.90 Å². The number of amides is 1. The van der Waals surface area contributed by atoms with Crippen molar-refractivity contribution in [2.45, 2.75) is 19.4 Å². The summed E-state index contributed by atoms with van der Waals surface area (Å²) in [6, 6.07) is 15.5. The number of carbonyl (C=O) groups excluding carboxylic acids is 1. The first kappa shape index (κ1) is 18.2. The molecule has 0 N–H and O–H groups in total. The lowest BCUT2D eigenvalue weighted by molar-refractivity contribution is -0.130. The van der Waals surface area contributed by atoms with Gasteiger partial charge in [0.1, 0.15) is 0 Å². The maximum atomic E-state index is 12.6. The molecule has 0 bridgehead atoms. The Morgan fingerprint density at radius 3 is 2.44 bits per heavy atom. The second-order valence-corrected chi connectivity index (χ2v) is 7.25. The van der Waals surface area contributed by atoms with Crippen LogP contribution in [0.25, 0.3) is 0 Å². The van der Waals surface area contributed by atoms with Crippen molar-refractivity contribution >= 4 is 29.1 Å². The molecule has 3 rings (SSSR count). The first-order valence-electron chi connectivity index (χ1n) is 8.60. The maximum Gasteiger partial charge on any atom is 0.227 e. The molecule has 2 aromatic rings. The summed E-state index contributed by atoms with van der Waals surface area (Å²) in [5.41, 5.74) is 2.15. The van der Waals surface area contributed by atoms with Crippen molar-refractivity contribution in [1.82, 2.24) is 9.80 Å². The van der Waals surface area contributed by atoms with Gasteiger partial charge in [-0.1, -0.05) is 53.5 Å². The summed E-state index contributed by atoms with van der Waals surface area (Å²) in [6.45, 7) is 4.34. The number of rotatable bonds is 4. The molecule has 0 spiro atoms. The van der Waals surface area contributed by atoms with Crippen LogP contribution in [0.4, 0.5) is 0 Å². The SMILES string of the molecule is O=C(Cc1ccccc1Cl)N1CCCN(Cc2ccc(Cl)cc2)CC1. The molecule has 0 radical (unpaired) electrons. The van der Waals surface area contributed by atoms with Crippen LogP contribution in [-0.2, 0) is 17.8 Å². The Bertz CT molecular complexity index is 718. The van der Waals surface area contributed by atoms with Gasteiger partial charge in [-0.15, -0.1) is 0 Å². The van der Waals surface area contributed by atoms with Gasteiger partial charge >= 0.3 is 0 Å². The molecule has 0 saturated carbocycles. The van der Waals surface area contributed by atoms with E-state index in [2.05, 4.69) is 17.0 Å². The lowest BCUT2D eigenvalue weighted by atomic mass is 10.1.